The van der Waals surface area contributed by atoms with Crippen molar-refractivity contribution in [2.45, 2.75) is 0 Å². The van der Waals surface area contributed by atoms with E-state index in [1.807, 2.05) is 48.5 Å². The van der Waals surface area contributed by atoms with Crippen molar-refractivity contribution in [2.75, 3.05) is 24.6 Å². The van der Waals surface area contributed by atoms with Crippen molar-refractivity contribution >= 4 is 28.7 Å². The molecule has 0 saturated carbocycles. The Labute approximate surface area is 155 Å². The Balaban J connectivity index is 1.34. The van der Waals surface area contributed by atoms with Crippen molar-refractivity contribution in [3.05, 3.63) is 65.9 Å². The SMILES string of the molecule is O=C(NCC#Cc1ccc(N2CCOC2=O)cc1)c1cc2ccccc2o1. The van der Waals surface area contributed by atoms with Crippen LogP contribution in [0.1, 0.15) is 16.1 Å². The summed E-state index contributed by atoms with van der Waals surface area (Å²) in [5.74, 6) is 5.84. The lowest BCUT2D eigenvalue weighted by Crippen LogP contribution is -2.23. The minimum absolute atomic E-state index is 0.204. The summed E-state index contributed by atoms with van der Waals surface area (Å²) in [5, 5.41) is 3.60. The van der Waals surface area contributed by atoms with Gasteiger partial charge >= 0.3 is 6.09 Å². The van der Waals surface area contributed by atoms with Gasteiger partial charge in [0, 0.05) is 16.6 Å². The number of nitrogens with one attached hydrogen (secondary N) is 1. The fourth-order valence-electron chi connectivity index (χ4n) is 2.80. The molecule has 0 unspecified atom stereocenters. The Kier molecular flexibility index (Phi) is 4.50. The number of ether oxygens (including phenoxy) is 1. The van der Waals surface area contributed by atoms with Crippen LogP contribution in [-0.2, 0) is 4.74 Å². The van der Waals surface area contributed by atoms with Gasteiger partial charge in [-0.05, 0) is 36.4 Å². The van der Waals surface area contributed by atoms with Crippen LogP contribution in [0.5, 0.6) is 0 Å². The van der Waals surface area contributed by atoms with Crippen LogP contribution >= 0.6 is 0 Å². The fraction of sp³-hybridized carbons (Fsp3) is 0.143. The van der Waals surface area contributed by atoms with E-state index in [0.29, 0.717) is 18.7 Å². The number of hydrogen-bond donors (Lipinski definition) is 1. The number of anilines is 1. The Morgan fingerprint density at radius 1 is 1.15 bits per heavy atom. The van der Waals surface area contributed by atoms with Crippen molar-refractivity contribution in [1.29, 1.82) is 0 Å². The molecule has 0 aliphatic carbocycles. The normalized spacial score (nSPS) is 13.2. The van der Waals surface area contributed by atoms with Gasteiger partial charge < -0.3 is 14.5 Å². The lowest BCUT2D eigenvalue weighted by molar-refractivity contribution is 0.0933. The Bertz CT molecular complexity index is 1020. The third-order valence-corrected chi connectivity index (χ3v) is 4.16. The van der Waals surface area contributed by atoms with E-state index in [1.54, 1.807) is 11.0 Å². The van der Waals surface area contributed by atoms with Gasteiger partial charge in [0.25, 0.3) is 5.91 Å². The first-order chi connectivity index (χ1) is 13.2. The number of amides is 2. The molecule has 134 valence electrons. The lowest BCUT2D eigenvalue weighted by Gasteiger charge is -2.11. The standard InChI is InChI=1S/C21H16N2O4/c24-20(19-14-16-5-1-2-6-18(16)27-19)22-11-3-4-15-7-9-17(10-8-15)23-12-13-26-21(23)25/h1-2,5-10,14H,11-13H2,(H,22,24). The van der Waals surface area contributed by atoms with E-state index in [0.717, 1.165) is 16.6 Å². The highest BCUT2D eigenvalue weighted by Gasteiger charge is 2.23. The molecule has 0 spiro atoms. The lowest BCUT2D eigenvalue weighted by atomic mass is 10.2. The summed E-state index contributed by atoms with van der Waals surface area (Å²) in [6.07, 6.45) is -0.331. The highest BCUT2D eigenvalue weighted by molar-refractivity contribution is 5.96. The summed E-state index contributed by atoms with van der Waals surface area (Å²) in [6, 6.07) is 16.5. The largest absolute Gasteiger partial charge is 0.451 e. The van der Waals surface area contributed by atoms with Gasteiger partial charge in [-0.3, -0.25) is 9.69 Å². The van der Waals surface area contributed by atoms with Crippen molar-refractivity contribution in [3.63, 3.8) is 0 Å². The summed E-state index contributed by atoms with van der Waals surface area (Å²) in [5.41, 5.74) is 2.25. The third kappa shape index (κ3) is 3.62. The second-order valence-electron chi connectivity index (χ2n) is 5.95. The molecule has 2 amide bonds. The number of nitrogens with zero attached hydrogens (tertiary/aromatic N) is 1. The number of cyclic esters (lactones) is 1. The molecule has 1 aliphatic heterocycles. The first-order valence-electron chi connectivity index (χ1n) is 8.51. The minimum Gasteiger partial charge on any atom is -0.451 e. The predicted molar refractivity (Wildman–Crippen MR) is 101 cm³/mol. The number of furan rings is 1. The summed E-state index contributed by atoms with van der Waals surface area (Å²) in [7, 11) is 0. The Morgan fingerprint density at radius 3 is 2.70 bits per heavy atom. The maximum absolute atomic E-state index is 12.1. The van der Waals surface area contributed by atoms with Crippen molar-refractivity contribution < 1.29 is 18.7 Å². The molecular weight excluding hydrogens is 344 g/mol. The molecule has 0 radical (unpaired) electrons. The van der Waals surface area contributed by atoms with Gasteiger partial charge in [0.15, 0.2) is 5.76 Å². The van der Waals surface area contributed by atoms with E-state index >= 15 is 0 Å². The molecule has 1 fully saturated rings. The average Bonchev–Trinajstić information content (AvgIpc) is 3.31. The van der Waals surface area contributed by atoms with Crippen LogP contribution in [0.3, 0.4) is 0 Å². The smallest absolute Gasteiger partial charge is 0.414 e. The number of carbonyl (C=O) groups is 2. The summed E-state index contributed by atoms with van der Waals surface area (Å²) >= 11 is 0. The van der Waals surface area contributed by atoms with Gasteiger partial charge in [0.2, 0.25) is 0 Å². The number of para-hydroxylation sites is 1. The van der Waals surface area contributed by atoms with Gasteiger partial charge in [0.1, 0.15) is 12.2 Å². The van der Waals surface area contributed by atoms with Crippen LogP contribution < -0.4 is 10.2 Å². The van der Waals surface area contributed by atoms with Crippen LogP contribution in [0, 0.1) is 11.8 Å². The van der Waals surface area contributed by atoms with Crippen LogP contribution in [0.15, 0.2) is 59.0 Å². The van der Waals surface area contributed by atoms with E-state index in [-0.39, 0.29) is 24.3 Å². The number of fused-ring (bicyclic) bond motifs is 1. The van der Waals surface area contributed by atoms with E-state index < -0.39 is 0 Å². The van der Waals surface area contributed by atoms with Gasteiger partial charge in [-0.15, -0.1) is 0 Å². The molecule has 1 N–H and O–H groups in total. The zero-order chi connectivity index (χ0) is 18.6. The second kappa shape index (κ2) is 7.26. The van der Waals surface area contributed by atoms with E-state index in [1.165, 1.54) is 0 Å². The van der Waals surface area contributed by atoms with Crippen LogP contribution in [0.25, 0.3) is 11.0 Å². The summed E-state index contributed by atoms with van der Waals surface area (Å²) in [6.45, 7) is 1.17. The number of hydrogen-bond acceptors (Lipinski definition) is 4. The van der Waals surface area contributed by atoms with Crippen LogP contribution in [-0.4, -0.2) is 31.7 Å². The fourth-order valence-corrected chi connectivity index (χ4v) is 2.80. The van der Waals surface area contributed by atoms with E-state index in [9.17, 15) is 9.59 Å². The predicted octanol–water partition coefficient (Wildman–Crippen LogP) is 3.17. The molecule has 2 aromatic carbocycles. The van der Waals surface area contributed by atoms with Crippen molar-refractivity contribution in [2.24, 2.45) is 0 Å². The molecule has 3 aromatic rings. The van der Waals surface area contributed by atoms with Crippen LogP contribution in [0.2, 0.25) is 0 Å². The third-order valence-electron chi connectivity index (χ3n) is 4.16. The quantitative estimate of drug-likeness (QED) is 0.728. The van der Waals surface area contributed by atoms with Crippen LogP contribution in [0.4, 0.5) is 10.5 Å². The molecular formula is C21H16N2O4. The molecule has 0 bridgehead atoms. The molecule has 4 rings (SSSR count). The maximum Gasteiger partial charge on any atom is 0.414 e. The summed E-state index contributed by atoms with van der Waals surface area (Å²) in [4.78, 5) is 25.2. The van der Waals surface area contributed by atoms with E-state index in [2.05, 4.69) is 17.2 Å². The summed E-state index contributed by atoms with van der Waals surface area (Å²) < 4.78 is 10.4. The maximum atomic E-state index is 12.1. The molecule has 1 aromatic heterocycles. The van der Waals surface area contributed by atoms with E-state index in [4.69, 9.17) is 9.15 Å². The Hall–Kier alpha value is -3.72. The number of carbonyl (C=O) groups excluding carboxylic acids is 2. The average molecular weight is 360 g/mol. The Morgan fingerprint density at radius 2 is 1.96 bits per heavy atom. The topological polar surface area (TPSA) is 71.8 Å². The second-order valence-corrected chi connectivity index (χ2v) is 5.95. The zero-order valence-electron chi connectivity index (χ0n) is 14.4. The molecule has 6 heteroatoms. The van der Waals surface area contributed by atoms with Gasteiger partial charge in [-0.25, -0.2) is 4.79 Å². The number of rotatable bonds is 3. The van der Waals surface area contributed by atoms with Crippen molar-refractivity contribution in [3.8, 4) is 11.8 Å². The molecule has 1 aliphatic rings. The zero-order valence-corrected chi connectivity index (χ0v) is 14.4. The van der Waals surface area contributed by atoms with Crippen molar-refractivity contribution in [1.82, 2.24) is 5.32 Å². The number of benzene rings is 2. The highest BCUT2D eigenvalue weighted by atomic mass is 16.6. The first kappa shape index (κ1) is 16.7. The highest BCUT2D eigenvalue weighted by Crippen LogP contribution is 2.19. The molecule has 27 heavy (non-hydrogen) atoms. The molecule has 0 atom stereocenters. The molecule has 1 saturated heterocycles. The monoisotopic (exact) mass is 360 g/mol. The van der Waals surface area contributed by atoms with Gasteiger partial charge in [-0.1, -0.05) is 30.0 Å². The van der Waals surface area contributed by atoms with Gasteiger partial charge in [0.05, 0.1) is 13.1 Å². The van der Waals surface area contributed by atoms with Gasteiger partial charge in [-0.2, -0.15) is 0 Å². The minimum atomic E-state index is -0.331. The molecule has 6 nitrogen and oxygen atoms in total. The first-order valence-corrected chi connectivity index (χ1v) is 8.51. The molecule has 2 heterocycles.